The summed E-state index contributed by atoms with van der Waals surface area (Å²) in [6, 6.07) is 0. The number of ether oxygens (including phenoxy) is 3. The van der Waals surface area contributed by atoms with E-state index in [9.17, 15) is 29.7 Å². The molecule has 0 spiro atoms. The smallest absolute Gasteiger partial charge is 0.333 e. The maximum Gasteiger partial charge on any atom is 0.333 e. The van der Waals surface area contributed by atoms with Crippen LogP contribution < -0.4 is 0 Å². The molecular weight excluding hydrogens is 396 g/mol. The van der Waals surface area contributed by atoms with Gasteiger partial charge in [-0.25, -0.2) is 4.79 Å². The lowest BCUT2D eigenvalue weighted by Gasteiger charge is -2.44. The van der Waals surface area contributed by atoms with Crippen molar-refractivity contribution in [3.8, 4) is 0 Å². The van der Waals surface area contributed by atoms with E-state index in [1.165, 1.54) is 13.0 Å². The molecule has 0 aromatic rings. The Balaban J connectivity index is 3.22. The van der Waals surface area contributed by atoms with Gasteiger partial charge in [-0.1, -0.05) is 33.8 Å². The van der Waals surface area contributed by atoms with Crippen LogP contribution in [0.15, 0.2) is 11.6 Å². The topological polar surface area (TPSA) is 140 Å². The highest BCUT2D eigenvalue weighted by molar-refractivity contribution is 5.87. The van der Waals surface area contributed by atoms with Gasteiger partial charge < -0.3 is 29.5 Å². The highest BCUT2D eigenvalue weighted by Crippen LogP contribution is 2.30. The van der Waals surface area contributed by atoms with Gasteiger partial charge in [-0.15, -0.1) is 0 Å². The van der Waals surface area contributed by atoms with Gasteiger partial charge in [0.15, 0.2) is 18.3 Å². The average molecular weight is 430 g/mol. The van der Waals surface area contributed by atoms with Gasteiger partial charge in [0.05, 0.1) is 11.8 Å². The van der Waals surface area contributed by atoms with Crippen LogP contribution in [0.3, 0.4) is 0 Å². The number of aliphatic hydroxyl groups is 3. The molecule has 1 aliphatic rings. The summed E-state index contributed by atoms with van der Waals surface area (Å²) in [5.41, 5.74) is 0.224. The monoisotopic (exact) mass is 430 g/mol. The van der Waals surface area contributed by atoms with Gasteiger partial charge in [0.1, 0.15) is 18.3 Å². The number of carbonyl (C=O) groups excluding carboxylic acids is 3. The van der Waals surface area contributed by atoms with Crippen molar-refractivity contribution < 1.29 is 43.9 Å². The molecule has 9 nitrogen and oxygen atoms in total. The second-order valence-corrected chi connectivity index (χ2v) is 7.73. The molecule has 1 saturated carbocycles. The van der Waals surface area contributed by atoms with Crippen molar-refractivity contribution in [3.05, 3.63) is 11.6 Å². The Bertz CT molecular complexity index is 644. The standard InChI is InChI=1S/C21H34O9/c1-7-10(4)19(25)28-16-13(22)14(23)17(29-20(26)11(5)8-2)18(15(16)24)30-21(27)12(6)9-3/h7,11-18,22-24H,8-9H2,1-6H3/b10-7+. The molecule has 9 heteroatoms. The SMILES string of the molecule is C/C=C(\C)C(=O)OC1C(O)C(O)C(OC(=O)C(C)CC)C(OC(=O)C(C)CC)C1O. The van der Waals surface area contributed by atoms with Gasteiger partial charge in [-0.3, -0.25) is 9.59 Å². The second-order valence-electron chi connectivity index (χ2n) is 7.73. The summed E-state index contributed by atoms with van der Waals surface area (Å²) in [7, 11) is 0. The first-order valence-electron chi connectivity index (χ1n) is 10.3. The fourth-order valence-corrected chi connectivity index (χ4v) is 2.75. The molecule has 8 atom stereocenters. The molecule has 1 aliphatic carbocycles. The number of carbonyl (C=O) groups is 3. The third-order valence-electron chi connectivity index (χ3n) is 5.55. The maximum absolute atomic E-state index is 12.3. The average Bonchev–Trinajstić information content (AvgIpc) is 2.74. The quantitative estimate of drug-likeness (QED) is 0.291. The molecule has 0 aliphatic heterocycles. The maximum atomic E-state index is 12.3. The molecule has 0 amide bonds. The van der Waals surface area contributed by atoms with E-state index in [1.807, 2.05) is 0 Å². The second kappa shape index (κ2) is 11.4. The predicted molar refractivity (Wildman–Crippen MR) is 106 cm³/mol. The summed E-state index contributed by atoms with van der Waals surface area (Å²) in [6.45, 7) is 9.88. The predicted octanol–water partition coefficient (Wildman–Crippen LogP) is 0.876. The molecule has 0 saturated heterocycles. The molecule has 1 fully saturated rings. The minimum Gasteiger partial charge on any atom is -0.455 e. The molecule has 0 bridgehead atoms. The van der Waals surface area contributed by atoms with Crippen LogP contribution >= 0.6 is 0 Å². The Hall–Kier alpha value is -1.97. The van der Waals surface area contributed by atoms with E-state index in [0.29, 0.717) is 12.8 Å². The Morgan fingerprint density at radius 2 is 1.20 bits per heavy atom. The van der Waals surface area contributed by atoms with Crippen LogP contribution in [0.1, 0.15) is 54.4 Å². The molecule has 30 heavy (non-hydrogen) atoms. The number of allylic oxidation sites excluding steroid dienone is 1. The molecular formula is C21H34O9. The number of rotatable bonds is 8. The Kier molecular flexibility index (Phi) is 9.93. The Morgan fingerprint density at radius 3 is 1.60 bits per heavy atom. The van der Waals surface area contributed by atoms with Gasteiger partial charge in [-0.05, 0) is 26.7 Å². The van der Waals surface area contributed by atoms with E-state index < -0.39 is 66.4 Å². The number of hydrogen-bond donors (Lipinski definition) is 3. The van der Waals surface area contributed by atoms with Gasteiger partial charge in [0, 0.05) is 5.57 Å². The van der Waals surface area contributed by atoms with Gasteiger partial charge >= 0.3 is 17.9 Å². The van der Waals surface area contributed by atoms with Crippen molar-refractivity contribution in [2.24, 2.45) is 11.8 Å². The first kappa shape index (κ1) is 26.1. The summed E-state index contributed by atoms with van der Waals surface area (Å²) in [4.78, 5) is 36.7. The molecule has 8 unspecified atom stereocenters. The number of esters is 3. The molecule has 3 N–H and O–H groups in total. The van der Waals surface area contributed by atoms with Gasteiger partial charge in [0.25, 0.3) is 0 Å². The first-order chi connectivity index (χ1) is 14.0. The normalized spacial score (nSPS) is 31.4. The molecule has 0 radical (unpaired) electrons. The first-order valence-corrected chi connectivity index (χ1v) is 10.3. The minimum atomic E-state index is -1.76. The third-order valence-corrected chi connectivity index (χ3v) is 5.55. The van der Waals surface area contributed by atoms with Crippen LogP contribution in [0, 0.1) is 11.8 Å². The minimum absolute atomic E-state index is 0.224. The third kappa shape index (κ3) is 6.02. The van der Waals surface area contributed by atoms with Crippen molar-refractivity contribution in [2.75, 3.05) is 0 Å². The molecule has 0 aromatic heterocycles. The van der Waals surface area contributed by atoms with E-state index in [1.54, 1.807) is 34.6 Å². The summed E-state index contributed by atoms with van der Waals surface area (Å²) < 4.78 is 15.8. The molecule has 0 aromatic carbocycles. The lowest BCUT2D eigenvalue weighted by Crippen LogP contribution is -2.66. The Morgan fingerprint density at radius 1 is 0.800 bits per heavy atom. The number of hydrogen-bond acceptors (Lipinski definition) is 9. The zero-order valence-electron chi connectivity index (χ0n) is 18.4. The van der Waals surface area contributed by atoms with E-state index in [-0.39, 0.29) is 5.57 Å². The summed E-state index contributed by atoms with van der Waals surface area (Å²) in [5.74, 6) is -3.19. The van der Waals surface area contributed by atoms with E-state index in [4.69, 9.17) is 14.2 Å². The van der Waals surface area contributed by atoms with Crippen LogP contribution in [0.4, 0.5) is 0 Å². The van der Waals surface area contributed by atoms with Crippen molar-refractivity contribution in [3.63, 3.8) is 0 Å². The van der Waals surface area contributed by atoms with Crippen LogP contribution in [0.5, 0.6) is 0 Å². The molecule has 0 heterocycles. The lowest BCUT2D eigenvalue weighted by molar-refractivity contribution is -0.248. The zero-order chi connectivity index (χ0) is 23.2. The molecule has 1 rings (SSSR count). The fraction of sp³-hybridized carbons (Fsp3) is 0.762. The zero-order valence-corrected chi connectivity index (χ0v) is 18.4. The molecule has 172 valence electrons. The van der Waals surface area contributed by atoms with Crippen molar-refractivity contribution >= 4 is 17.9 Å². The van der Waals surface area contributed by atoms with Gasteiger partial charge in [-0.2, -0.15) is 0 Å². The van der Waals surface area contributed by atoms with Gasteiger partial charge in [0.2, 0.25) is 0 Å². The number of aliphatic hydroxyl groups excluding tert-OH is 3. The van der Waals surface area contributed by atoms with Crippen LogP contribution in [-0.2, 0) is 28.6 Å². The highest BCUT2D eigenvalue weighted by atomic mass is 16.6. The largest absolute Gasteiger partial charge is 0.455 e. The van der Waals surface area contributed by atoms with Crippen LogP contribution in [-0.4, -0.2) is 69.9 Å². The fourth-order valence-electron chi connectivity index (χ4n) is 2.75. The van der Waals surface area contributed by atoms with Crippen molar-refractivity contribution in [1.29, 1.82) is 0 Å². The summed E-state index contributed by atoms with van der Waals surface area (Å²) >= 11 is 0. The van der Waals surface area contributed by atoms with Crippen LogP contribution in [0.25, 0.3) is 0 Å². The van der Waals surface area contributed by atoms with Crippen molar-refractivity contribution in [1.82, 2.24) is 0 Å². The summed E-state index contributed by atoms with van der Waals surface area (Å²) in [5, 5.41) is 31.8. The highest BCUT2D eigenvalue weighted by Gasteiger charge is 2.55. The van der Waals surface area contributed by atoms with E-state index in [2.05, 4.69) is 0 Å². The van der Waals surface area contributed by atoms with E-state index >= 15 is 0 Å². The summed E-state index contributed by atoms with van der Waals surface area (Å²) in [6.07, 6.45) is -7.46. The van der Waals surface area contributed by atoms with Crippen molar-refractivity contribution in [2.45, 2.75) is 91.0 Å². The Labute approximate surface area is 177 Å². The van der Waals surface area contributed by atoms with E-state index in [0.717, 1.165) is 0 Å². The van der Waals surface area contributed by atoms with Crippen LogP contribution in [0.2, 0.25) is 0 Å². The lowest BCUT2D eigenvalue weighted by atomic mass is 9.84.